The monoisotopic (exact) mass is 506 g/mol. The summed E-state index contributed by atoms with van der Waals surface area (Å²) in [5.74, 6) is -4.35. The number of fused-ring (bicyclic) bond motifs is 3. The second-order valence-corrected chi connectivity index (χ2v) is 11.9. The van der Waals surface area contributed by atoms with Crippen molar-refractivity contribution in [1.82, 2.24) is 0 Å². The van der Waals surface area contributed by atoms with Crippen LogP contribution >= 0.6 is 0 Å². The number of aliphatic hydroxyl groups excluding tert-OH is 1. The SMILES string of the molecule is COC(=O)[C@@]12CCC(=O)C(C(=O)OC(C)(C)C)=C1CC1(OCCO1)[C@@]13O[C@@H]1[C@H](OC)[C@H]1C[C@@H]2[C@@H]3[C@H]1O. The molecule has 2 bridgehead atoms. The van der Waals surface area contributed by atoms with Gasteiger partial charge in [-0.2, -0.15) is 0 Å². The Morgan fingerprint density at radius 1 is 1.14 bits per heavy atom. The third-order valence-electron chi connectivity index (χ3n) is 9.35. The van der Waals surface area contributed by atoms with Crippen molar-refractivity contribution in [1.29, 1.82) is 0 Å². The Balaban J connectivity index is 1.63. The maximum absolute atomic E-state index is 13.8. The van der Waals surface area contributed by atoms with Gasteiger partial charge in [0.1, 0.15) is 17.3 Å². The highest BCUT2D eigenvalue weighted by atomic mass is 16.8. The van der Waals surface area contributed by atoms with E-state index in [9.17, 15) is 19.5 Å². The zero-order valence-corrected chi connectivity index (χ0v) is 21.3. The van der Waals surface area contributed by atoms with Gasteiger partial charge < -0.3 is 33.5 Å². The van der Waals surface area contributed by atoms with E-state index in [0.29, 0.717) is 12.0 Å². The first kappa shape index (κ1) is 24.5. The first-order valence-corrected chi connectivity index (χ1v) is 12.7. The molecule has 3 saturated carbocycles. The van der Waals surface area contributed by atoms with Gasteiger partial charge in [-0.15, -0.1) is 0 Å². The van der Waals surface area contributed by atoms with Gasteiger partial charge in [0.2, 0.25) is 5.79 Å². The van der Waals surface area contributed by atoms with Crippen LogP contribution in [-0.2, 0) is 42.8 Å². The van der Waals surface area contributed by atoms with Crippen molar-refractivity contribution in [2.45, 2.75) is 81.8 Å². The number of ketones is 1. The molecule has 0 radical (unpaired) electrons. The van der Waals surface area contributed by atoms with Crippen LogP contribution in [0.25, 0.3) is 0 Å². The van der Waals surface area contributed by atoms with Crippen molar-refractivity contribution >= 4 is 17.7 Å². The highest BCUT2D eigenvalue weighted by Gasteiger charge is 2.88. The van der Waals surface area contributed by atoms with Crippen LogP contribution in [0.3, 0.4) is 0 Å². The minimum Gasteiger partial charge on any atom is -0.468 e. The molecule has 0 amide bonds. The van der Waals surface area contributed by atoms with E-state index < -0.39 is 64.5 Å². The van der Waals surface area contributed by atoms with Crippen molar-refractivity contribution < 1.29 is 47.9 Å². The van der Waals surface area contributed by atoms with Gasteiger partial charge >= 0.3 is 11.9 Å². The quantitative estimate of drug-likeness (QED) is 0.337. The minimum atomic E-state index is -1.39. The third-order valence-corrected chi connectivity index (χ3v) is 9.35. The average Bonchev–Trinajstić information content (AvgIpc) is 3.28. The number of epoxide rings is 1. The zero-order valence-electron chi connectivity index (χ0n) is 21.3. The molecule has 0 unspecified atom stereocenters. The molecular formula is C26H34O10. The van der Waals surface area contributed by atoms with Crippen LogP contribution < -0.4 is 0 Å². The number of hydrogen-bond donors (Lipinski definition) is 1. The fourth-order valence-corrected chi connectivity index (χ4v) is 8.22. The zero-order chi connectivity index (χ0) is 25.8. The lowest BCUT2D eigenvalue weighted by Crippen LogP contribution is -2.60. The minimum absolute atomic E-state index is 0.0170. The first-order valence-electron chi connectivity index (χ1n) is 12.7. The van der Waals surface area contributed by atoms with Crippen LogP contribution in [-0.4, -0.2) is 85.6 Å². The molecule has 2 aliphatic heterocycles. The van der Waals surface area contributed by atoms with Crippen molar-refractivity contribution in [2.75, 3.05) is 27.4 Å². The molecule has 2 spiro atoms. The number of carbonyl (C=O) groups is 3. The number of esters is 2. The first-order chi connectivity index (χ1) is 17.0. The Labute approximate surface area is 209 Å². The van der Waals surface area contributed by atoms with Crippen LogP contribution in [0.5, 0.6) is 0 Å². The Morgan fingerprint density at radius 3 is 2.44 bits per heavy atom. The molecule has 0 aromatic carbocycles. The van der Waals surface area contributed by atoms with Gasteiger partial charge in [-0.05, 0) is 45.1 Å². The van der Waals surface area contributed by atoms with Crippen LogP contribution in [0, 0.1) is 23.2 Å². The maximum Gasteiger partial charge on any atom is 0.342 e. The van der Waals surface area contributed by atoms with Crippen molar-refractivity contribution in [3.8, 4) is 0 Å². The number of rotatable bonds is 3. The summed E-state index contributed by atoms with van der Waals surface area (Å²) < 4.78 is 35.9. The van der Waals surface area contributed by atoms with E-state index in [1.54, 1.807) is 27.9 Å². The molecule has 36 heavy (non-hydrogen) atoms. The molecular weight excluding hydrogens is 472 g/mol. The normalized spacial score (nSPS) is 44.1. The van der Waals surface area contributed by atoms with E-state index in [0.717, 1.165) is 0 Å². The summed E-state index contributed by atoms with van der Waals surface area (Å²) in [5.41, 5.74) is -3.06. The molecule has 6 rings (SSSR count). The van der Waals surface area contributed by atoms with Crippen LogP contribution in [0.1, 0.15) is 46.5 Å². The molecule has 1 N–H and O–H groups in total. The molecule has 10 heteroatoms. The molecule has 8 atom stereocenters. The summed E-state index contributed by atoms with van der Waals surface area (Å²) in [6, 6.07) is 0. The Morgan fingerprint density at radius 2 is 1.83 bits per heavy atom. The summed E-state index contributed by atoms with van der Waals surface area (Å²) in [7, 11) is 2.90. The second kappa shape index (κ2) is 7.60. The average molecular weight is 507 g/mol. The number of ether oxygens (including phenoxy) is 6. The third kappa shape index (κ3) is 2.82. The standard InChI is InChI=1S/C26H34O10/c1-23(2,3)36-21(29)16-14-11-25(33-8-9-34-25)26-17-13(24(14,22(30)32-5)7-6-15(16)27)10-12(18(17)28)19(31-4)20(26)35-26/h12-13,17-20,28H,6-11H2,1-5H3/t12-,13+,17+,18-,19+,20+,24+,26-/m0/s1. The fourth-order valence-electron chi connectivity index (χ4n) is 8.22. The van der Waals surface area contributed by atoms with Gasteiger partial charge in [0.15, 0.2) is 11.4 Å². The highest BCUT2D eigenvalue weighted by molar-refractivity contribution is 6.19. The Hall–Kier alpha value is -1.85. The van der Waals surface area contributed by atoms with Crippen LogP contribution in [0.15, 0.2) is 11.1 Å². The molecule has 10 nitrogen and oxygen atoms in total. The molecule has 6 aliphatic rings. The summed E-state index contributed by atoms with van der Waals surface area (Å²) in [5, 5.41) is 11.6. The van der Waals surface area contributed by atoms with Crippen molar-refractivity contribution in [2.24, 2.45) is 23.2 Å². The van der Waals surface area contributed by atoms with Gasteiger partial charge in [0.25, 0.3) is 0 Å². The summed E-state index contributed by atoms with van der Waals surface area (Å²) in [6.45, 7) is 5.73. The van der Waals surface area contributed by atoms with Crippen molar-refractivity contribution in [3.05, 3.63) is 11.1 Å². The summed E-state index contributed by atoms with van der Waals surface area (Å²) in [6.07, 6.45) is -1.09. The molecule has 4 aliphatic carbocycles. The van der Waals surface area contributed by atoms with Crippen LogP contribution in [0.2, 0.25) is 0 Å². The van der Waals surface area contributed by atoms with E-state index >= 15 is 0 Å². The molecule has 2 saturated heterocycles. The van der Waals surface area contributed by atoms with Crippen molar-refractivity contribution in [3.63, 3.8) is 0 Å². The molecule has 5 fully saturated rings. The lowest BCUT2D eigenvalue weighted by atomic mass is 9.59. The van der Waals surface area contributed by atoms with Gasteiger partial charge in [0, 0.05) is 31.8 Å². The lowest BCUT2D eigenvalue weighted by molar-refractivity contribution is -0.226. The van der Waals surface area contributed by atoms with E-state index in [1.165, 1.54) is 7.11 Å². The van der Waals surface area contributed by atoms with Gasteiger partial charge in [-0.3, -0.25) is 9.59 Å². The number of methoxy groups -OCH3 is 2. The molecule has 2 heterocycles. The summed E-state index contributed by atoms with van der Waals surface area (Å²) in [4.78, 5) is 40.7. The molecule has 198 valence electrons. The van der Waals surface area contributed by atoms with E-state index in [-0.39, 0.29) is 49.8 Å². The Kier molecular flexibility index (Phi) is 5.17. The van der Waals surface area contributed by atoms with Gasteiger partial charge in [0.05, 0.1) is 37.9 Å². The molecule has 0 aromatic rings. The number of Topliss-reactive ketones (excluding diaryl/α,β-unsaturated/α-hetero) is 1. The number of carbonyl (C=O) groups excluding carboxylic acids is 3. The predicted octanol–water partition coefficient (Wildman–Crippen LogP) is 1.07. The van der Waals surface area contributed by atoms with Gasteiger partial charge in [-0.1, -0.05) is 0 Å². The Bertz CT molecular complexity index is 1050. The lowest BCUT2D eigenvalue weighted by Gasteiger charge is -2.43. The smallest absolute Gasteiger partial charge is 0.342 e. The second-order valence-electron chi connectivity index (χ2n) is 11.9. The van der Waals surface area contributed by atoms with Crippen LogP contribution in [0.4, 0.5) is 0 Å². The van der Waals surface area contributed by atoms with Gasteiger partial charge in [-0.25, -0.2) is 4.79 Å². The predicted molar refractivity (Wildman–Crippen MR) is 120 cm³/mol. The van der Waals surface area contributed by atoms with E-state index in [4.69, 9.17) is 28.4 Å². The molecule has 0 aromatic heterocycles. The van der Waals surface area contributed by atoms with E-state index in [1.807, 2.05) is 0 Å². The number of aliphatic hydroxyl groups is 1. The maximum atomic E-state index is 13.8. The fraction of sp³-hybridized carbons (Fsp3) is 0.808. The number of hydrogen-bond acceptors (Lipinski definition) is 10. The highest BCUT2D eigenvalue weighted by Crippen LogP contribution is 2.74. The van der Waals surface area contributed by atoms with E-state index in [2.05, 4.69) is 0 Å². The largest absolute Gasteiger partial charge is 0.468 e. The topological polar surface area (TPSA) is 130 Å². The summed E-state index contributed by atoms with van der Waals surface area (Å²) >= 11 is 0.